The first-order chi connectivity index (χ1) is 8.74. The van der Waals surface area contributed by atoms with Crippen molar-refractivity contribution in [3.63, 3.8) is 0 Å². The van der Waals surface area contributed by atoms with Gasteiger partial charge in [-0.15, -0.1) is 0 Å². The van der Waals surface area contributed by atoms with E-state index in [-0.39, 0.29) is 6.04 Å². The largest absolute Gasteiger partial charge is 0.301 e. The van der Waals surface area contributed by atoms with Gasteiger partial charge < -0.3 is 4.90 Å². The molecule has 0 aromatic heterocycles. The maximum absolute atomic E-state index is 9.40. The molecule has 1 saturated heterocycles. The average Bonchev–Trinajstić information content (AvgIpc) is 2.40. The minimum atomic E-state index is -0.178. The van der Waals surface area contributed by atoms with Crippen molar-refractivity contribution >= 4 is 11.6 Å². The Morgan fingerprint density at radius 1 is 1.33 bits per heavy atom. The van der Waals surface area contributed by atoms with E-state index in [4.69, 9.17) is 11.6 Å². The molecule has 1 aliphatic heterocycles. The molecule has 0 aliphatic carbocycles. The predicted octanol–water partition coefficient (Wildman–Crippen LogP) is 2.54. The number of hydrogen-bond donors (Lipinski definition) is 0. The van der Waals surface area contributed by atoms with E-state index >= 15 is 0 Å². The Kier molecular flexibility index (Phi) is 4.60. The topological polar surface area (TPSA) is 30.3 Å². The Morgan fingerprint density at radius 3 is 2.61 bits per heavy atom. The van der Waals surface area contributed by atoms with E-state index in [9.17, 15) is 5.26 Å². The summed E-state index contributed by atoms with van der Waals surface area (Å²) < 4.78 is 0. The Hall–Kier alpha value is -1.08. The normalized spacial score (nSPS) is 19.4. The molecule has 1 heterocycles. The summed E-state index contributed by atoms with van der Waals surface area (Å²) in [4.78, 5) is 4.64. The van der Waals surface area contributed by atoms with Gasteiger partial charge in [0.25, 0.3) is 0 Å². The molecular formula is C14H18ClN3. The zero-order valence-electron chi connectivity index (χ0n) is 10.6. The maximum atomic E-state index is 9.40. The van der Waals surface area contributed by atoms with E-state index in [0.717, 1.165) is 38.3 Å². The van der Waals surface area contributed by atoms with Crippen molar-refractivity contribution in [2.24, 2.45) is 0 Å². The van der Waals surface area contributed by atoms with Crippen LogP contribution in [0.1, 0.15) is 18.5 Å². The maximum Gasteiger partial charge on any atom is 0.123 e. The third kappa shape index (κ3) is 3.02. The zero-order chi connectivity index (χ0) is 13.0. The van der Waals surface area contributed by atoms with Gasteiger partial charge in [-0.2, -0.15) is 5.26 Å². The molecular weight excluding hydrogens is 246 g/mol. The van der Waals surface area contributed by atoms with Gasteiger partial charge in [0.1, 0.15) is 6.04 Å². The molecule has 1 aromatic rings. The Labute approximate surface area is 114 Å². The van der Waals surface area contributed by atoms with Crippen LogP contribution in [0.15, 0.2) is 24.3 Å². The van der Waals surface area contributed by atoms with Gasteiger partial charge in [-0.1, -0.05) is 30.7 Å². The second-order valence-electron chi connectivity index (χ2n) is 4.56. The molecule has 0 N–H and O–H groups in total. The zero-order valence-corrected chi connectivity index (χ0v) is 11.4. The summed E-state index contributed by atoms with van der Waals surface area (Å²) in [7, 11) is 0. The molecule has 0 radical (unpaired) electrons. The first-order valence-corrected chi connectivity index (χ1v) is 6.74. The highest BCUT2D eigenvalue weighted by Crippen LogP contribution is 2.23. The number of nitriles is 1. The predicted molar refractivity (Wildman–Crippen MR) is 73.5 cm³/mol. The molecule has 18 heavy (non-hydrogen) atoms. The van der Waals surface area contributed by atoms with Gasteiger partial charge in [0, 0.05) is 31.2 Å². The fourth-order valence-electron chi connectivity index (χ4n) is 2.38. The summed E-state index contributed by atoms with van der Waals surface area (Å²) in [5.74, 6) is 0. The fraction of sp³-hybridized carbons (Fsp3) is 0.500. The summed E-state index contributed by atoms with van der Waals surface area (Å²) in [6, 6.07) is 9.84. The van der Waals surface area contributed by atoms with Crippen LogP contribution >= 0.6 is 11.6 Å². The smallest absolute Gasteiger partial charge is 0.123 e. The van der Waals surface area contributed by atoms with E-state index < -0.39 is 0 Å². The molecule has 2 rings (SSSR count). The van der Waals surface area contributed by atoms with Crippen LogP contribution in [0, 0.1) is 11.3 Å². The van der Waals surface area contributed by atoms with Crippen molar-refractivity contribution in [1.82, 2.24) is 9.80 Å². The number of rotatable bonds is 3. The van der Waals surface area contributed by atoms with Gasteiger partial charge >= 0.3 is 0 Å². The van der Waals surface area contributed by atoms with E-state index in [0.29, 0.717) is 5.02 Å². The van der Waals surface area contributed by atoms with Crippen LogP contribution in [0.2, 0.25) is 5.02 Å². The van der Waals surface area contributed by atoms with Gasteiger partial charge in [0.2, 0.25) is 0 Å². The number of nitrogens with zero attached hydrogens (tertiary/aromatic N) is 3. The lowest BCUT2D eigenvalue weighted by Crippen LogP contribution is -2.47. The summed E-state index contributed by atoms with van der Waals surface area (Å²) in [6.07, 6.45) is 0. The summed E-state index contributed by atoms with van der Waals surface area (Å²) >= 11 is 5.99. The Balaban J connectivity index is 2.09. The van der Waals surface area contributed by atoms with Crippen LogP contribution < -0.4 is 0 Å². The summed E-state index contributed by atoms with van der Waals surface area (Å²) in [5.41, 5.74) is 0.995. The SMILES string of the molecule is CCN1CCN(C(C#N)c2cccc(Cl)c2)CC1. The van der Waals surface area contributed by atoms with Crippen molar-refractivity contribution in [2.75, 3.05) is 32.7 Å². The van der Waals surface area contributed by atoms with Crippen molar-refractivity contribution in [1.29, 1.82) is 5.26 Å². The molecule has 1 unspecified atom stereocenters. The summed E-state index contributed by atoms with van der Waals surface area (Å²) in [5, 5.41) is 10.1. The second kappa shape index (κ2) is 6.19. The Bertz CT molecular complexity index is 433. The van der Waals surface area contributed by atoms with E-state index in [1.165, 1.54) is 0 Å². The molecule has 3 nitrogen and oxygen atoms in total. The summed E-state index contributed by atoms with van der Waals surface area (Å²) in [6.45, 7) is 7.22. The molecule has 1 atom stereocenters. The lowest BCUT2D eigenvalue weighted by atomic mass is 10.1. The third-order valence-corrected chi connectivity index (χ3v) is 3.74. The molecule has 0 spiro atoms. The quantitative estimate of drug-likeness (QED) is 0.840. The molecule has 0 bridgehead atoms. The highest BCUT2D eigenvalue weighted by atomic mass is 35.5. The van der Waals surface area contributed by atoms with Crippen molar-refractivity contribution < 1.29 is 0 Å². The molecule has 4 heteroatoms. The Morgan fingerprint density at radius 2 is 2.06 bits per heavy atom. The minimum absolute atomic E-state index is 0.178. The number of benzene rings is 1. The lowest BCUT2D eigenvalue weighted by molar-refractivity contribution is 0.118. The molecule has 1 aliphatic rings. The van der Waals surface area contributed by atoms with E-state index in [1.54, 1.807) is 0 Å². The average molecular weight is 264 g/mol. The molecule has 0 amide bonds. The van der Waals surface area contributed by atoms with Crippen LogP contribution in [0.25, 0.3) is 0 Å². The standard InChI is InChI=1S/C14H18ClN3/c1-2-17-6-8-18(9-7-17)14(11-16)12-4-3-5-13(15)10-12/h3-5,10,14H,2,6-9H2,1H3. The molecule has 0 saturated carbocycles. The van der Waals surface area contributed by atoms with Crippen molar-refractivity contribution in [2.45, 2.75) is 13.0 Å². The highest BCUT2D eigenvalue weighted by molar-refractivity contribution is 6.30. The lowest BCUT2D eigenvalue weighted by Gasteiger charge is -2.36. The fourth-order valence-corrected chi connectivity index (χ4v) is 2.58. The van der Waals surface area contributed by atoms with E-state index in [2.05, 4.69) is 22.8 Å². The van der Waals surface area contributed by atoms with Gasteiger partial charge in [-0.05, 0) is 24.2 Å². The number of halogens is 1. The number of likely N-dealkylation sites (N-methyl/N-ethyl adjacent to an activating group) is 1. The monoisotopic (exact) mass is 263 g/mol. The molecule has 96 valence electrons. The van der Waals surface area contributed by atoms with Crippen LogP contribution in [-0.2, 0) is 0 Å². The van der Waals surface area contributed by atoms with Gasteiger partial charge in [0.05, 0.1) is 6.07 Å². The van der Waals surface area contributed by atoms with Crippen LogP contribution in [0.4, 0.5) is 0 Å². The number of hydrogen-bond acceptors (Lipinski definition) is 3. The van der Waals surface area contributed by atoms with Crippen LogP contribution in [0.3, 0.4) is 0 Å². The van der Waals surface area contributed by atoms with Crippen LogP contribution in [0.5, 0.6) is 0 Å². The highest BCUT2D eigenvalue weighted by Gasteiger charge is 2.24. The first kappa shape index (κ1) is 13.4. The van der Waals surface area contributed by atoms with Gasteiger partial charge in [0.15, 0.2) is 0 Å². The minimum Gasteiger partial charge on any atom is -0.301 e. The third-order valence-electron chi connectivity index (χ3n) is 3.51. The second-order valence-corrected chi connectivity index (χ2v) is 4.99. The van der Waals surface area contributed by atoms with Crippen molar-refractivity contribution in [3.8, 4) is 6.07 Å². The molecule has 1 fully saturated rings. The van der Waals surface area contributed by atoms with Crippen molar-refractivity contribution in [3.05, 3.63) is 34.9 Å². The van der Waals surface area contributed by atoms with Gasteiger partial charge in [-0.3, -0.25) is 4.90 Å². The van der Waals surface area contributed by atoms with E-state index in [1.807, 2.05) is 24.3 Å². The first-order valence-electron chi connectivity index (χ1n) is 6.36. The van der Waals surface area contributed by atoms with Gasteiger partial charge in [-0.25, -0.2) is 0 Å². The molecule has 1 aromatic carbocycles. The number of piperazine rings is 1. The van der Waals surface area contributed by atoms with Crippen LogP contribution in [-0.4, -0.2) is 42.5 Å².